The molecule has 0 radical (unpaired) electrons. The predicted molar refractivity (Wildman–Crippen MR) is 103 cm³/mol. The minimum atomic E-state index is -3.82. The summed E-state index contributed by atoms with van der Waals surface area (Å²) in [5.74, 6) is -0.238. The molecular weight excluding hydrogens is 402 g/mol. The van der Waals surface area contributed by atoms with Crippen LogP contribution in [0.15, 0.2) is 23.1 Å². The predicted octanol–water partition coefficient (Wildman–Crippen LogP) is 0.151. The first-order chi connectivity index (χ1) is 13.7. The summed E-state index contributed by atoms with van der Waals surface area (Å²) in [6, 6.07) is 3.46. The third kappa shape index (κ3) is 4.54. The molecule has 0 spiro atoms. The lowest BCUT2D eigenvalue weighted by molar-refractivity contribution is -0.385. The van der Waals surface area contributed by atoms with Crippen molar-refractivity contribution in [3.05, 3.63) is 33.9 Å². The van der Waals surface area contributed by atoms with Crippen molar-refractivity contribution >= 4 is 27.6 Å². The monoisotopic (exact) mass is 425 g/mol. The van der Waals surface area contributed by atoms with E-state index in [1.165, 1.54) is 21.3 Å². The third-order valence-corrected chi connectivity index (χ3v) is 7.17. The Labute approximate surface area is 168 Å². The average Bonchev–Trinajstić information content (AvgIpc) is 3.00. The van der Waals surface area contributed by atoms with Gasteiger partial charge >= 0.3 is 6.03 Å². The summed E-state index contributed by atoms with van der Waals surface area (Å²) in [5.41, 5.74) is 0.208. The molecule has 29 heavy (non-hydrogen) atoms. The second-order valence-corrected chi connectivity index (χ2v) is 8.92. The number of nitrogens with one attached hydrogen (secondary N) is 1. The summed E-state index contributed by atoms with van der Waals surface area (Å²) in [6.45, 7) is 4.17. The molecule has 3 amide bonds. The van der Waals surface area contributed by atoms with Gasteiger partial charge in [0.1, 0.15) is 0 Å². The zero-order chi connectivity index (χ0) is 21.2. The first-order valence-corrected chi connectivity index (χ1v) is 10.7. The van der Waals surface area contributed by atoms with Crippen LogP contribution in [0.25, 0.3) is 0 Å². The molecule has 1 N–H and O–H groups in total. The Morgan fingerprint density at radius 2 is 1.83 bits per heavy atom. The Kier molecular flexibility index (Phi) is 6.15. The van der Waals surface area contributed by atoms with E-state index in [0.717, 1.165) is 6.07 Å². The SMILES string of the molecule is Cc1ccc([N+](=O)[O-])cc1S(=O)(=O)N1CCN(CCCN2C(=O)CNC2=O)CC1. The Morgan fingerprint density at radius 1 is 1.14 bits per heavy atom. The highest BCUT2D eigenvalue weighted by Gasteiger charge is 2.31. The van der Waals surface area contributed by atoms with Crippen LogP contribution in [0, 0.1) is 17.0 Å². The second-order valence-electron chi connectivity index (χ2n) is 7.01. The highest BCUT2D eigenvalue weighted by atomic mass is 32.2. The molecule has 2 aliphatic rings. The number of hydrogen-bond donors (Lipinski definition) is 1. The fourth-order valence-electron chi connectivity index (χ4n) is 3.45. The van der Waals surface area contributed by atoms with Gasteiger partial charge in [-0.25, -0.2) is 13.2 Å². The number of aryl methyl sites for hydroxylation is 1. The van der Waals surface area contributed by atoms with E-state index in [4.69, 9.17) is 0 Å². The zero-order valence-corrected chi connectivity index (χ0v) is 16.9. The van der Waals surface area contributed by atoms with E-state index in [-0.39, 0.29) is 42.2 Å². The van der Waals surface area contributed by atoms with Gasteiger partial charge < -0.3 is 10.2 Å². The lowest BCUT2D eigenvalue weighted by Crippen LogP contribution is -2.49. The molecule has 1 aromatic carbocycles. The van der Waals surface area contributed by atoms with Crippen LogP contribution in [-0.4, -0.2) is 85.2 Å². The first-order valence-electron chi connectivity index (χ1n) is 9.26. The number of piperazine rings is 1. The Hall–Kier alpha value is -2.57. The van der Waals surface area contributed by atoms with Gasteiger partial charge in [-0.05, 0) is 25.5 Å². The minimum Gasteiger partial charge on any atom is -0.329 e. The molecule has 2 saturated heterocycles. The van der Waals surface area contributed by atoms with Crippen LogP contribution in [-0.2, 0) is 14.8 Å². The Balaban J connectivity index is 1.56. The minimum absolute atomic E-state index is 0.0342. The molecule has 0 aliphatic carbocycles. The van der Waals surface area contributed by atoms with Crippen molar-refractivity contribution in [2.75, 3.05) is 45.8 Å². The van der Waals surface area contributed by atoms with E-state index < -0.39 is 14.9 Å². The molecule has 2 fully saturated rings. The van der Waals surface area contributed by atoms with Crippen LogP contribution in [0.1, 0.15) is 12.0 Å². The quantitative estimate of drug-likeness (QED) is 0.373. The topological polar surface area (TPSA) is 133 Å². The van der Waals surface area contributed by atoms with E-state index in [0.29, 0.717) is 38.2 Å². The number of rotatable bonds is 7. The fourth-order valence-corrected chi connectivity index (χ4v) is 5.11. The molecule has 11 nitrogen and oxygen atoms in total. The van der Waals surface area contributed by atoms with Crippen LogP contribution < -0.4 is 5.32 Å². The summed E-state index contributed by atoms with van der Waals surface area (Å²) >= 11 is 0. The van der Waals surface area contributed by atoms with Gasteiger partial charge in [0.25, 0.3) is 5.69 Å². The highest BCUT2D eigenvalue weighted by molar-refractivity contribution is 7.89. The average molecular weight is 425 g/mol. The third-order valence-electron chi connectivity index (χ3n) is 5.12. The number of sulfonamides is 1. The van der Waals surface area contributed by atoms with Gasteiger partial charge in [-0.3, -0.25) is 19.8 Å². The summed E-state index contributed by atoms with van der Waals surface area (Å²) in [4.78, 5) is 36.7. The summed E-state index contributed by atoms with van der Waals surface area (Å²) < 4.78 is 27.2. The maximum atomic E-state index is 12.9. The number of nitro benzene ring substituents is 1. The number of carbonyl (C=O) groups is 2. The number of benzene rings is 1. The molecule has 0 bridgehead atoms. The standard InChI is InChI=1S/C17H23N5O6S/c1-13-3-4-14(22(25)26)11-15(13)29(27,28)20-9-7-19(8-10-20)5-2-6-21-16(23)12-18-17(21)24/h3-4,11H,2,5-10,12H2,1H3,(H,18,24). The Bertz CT molecular complexity index is 910. The van der Waals surface area contributed by atoms with E-state index in [2.05, 4.69) is 10.2 Å². The smallest absolute Gasteiger partial charge is 0.324 e. The lowest BCUT2D eigenvalue weighted by Gasteiger charge is -2.34. The number of hydrogen-bond acceptors (Lipinski definition) is 7. The van der Waals surface area contributed by atoms with Crippen molar-refractivity contribution in [1.82, 2.24) is 19.4 Å². The van der Waals surface area contributed by atoms with Gasteiger partial charge in [0.2, 0.25) is 15.9 Å². The van der Waals surface area contributed by atoms with Gasteiger partial charge in [0.05, 0.1) is 16.4 Å². The van der Waals surface area contributed by atoms with Gasteiger partial charge in [-0.15, -0.1) is 0 Å². The zero-order valence-electron chi connectivity index (χ0n) is 16.0. The molecule has 12 heteroatoms. The van der Waals surface area contributed by atoms with Gasteiger partial charge in [-0.2, -0.15) is 4.31 Å². The normalized spacial score (nSPS) is 18.9. The number of amides is 3. The number of carbonyl (C=O) groups excluding carboxylic acids is 2. The van der Waals surface area contributed by atoms with Gasteiger partial charge in [0.15, 0.2) is 0 Å². The van der Waals surface area contributed by atoms with Crippen LogP contribution in [0.5, 0.6) is 0 Å². The largest absolute Gasteiger partial charge is 0.329 e. The van der Waals surface area contributed by atoms with Crippen molar-refractivity contribution in [2.45, 2.75) is 18.2 Å². The Morgan fingerprint density at radius 3 is 2.41 bits per heavy atom. The molecule has 0 aromatic heterocycles. The molecular formula is C17H23N5O6S. The molecule has 3 rings (SSSR count). The summed E-state index contributed by atoms with van der Waals surface area (Å²) in [5, 5.41) is 13.5. The van der Waals surface area contributed by atoms with E-state index in [1.54, 1.807) is 6.92 Å². The number of imide groups is 1. The molecule has 2 aliphatic heterocycles. The van der Waals surface area contributed by atoms with Crippen LogP contribution in [0.4, 0.5) is 10.5 Å². The van der Waals surface area contributed by atoms with Crippen molar-refractivity contribution in [1.29, 1.82) is 0 Å². The van der Waals surface area contributed by atoms with Gasteiger partial charge in [0, 0.05) is 44.9 Å². The number of nitrogens with zero attached hydrogens (tertiary/aromatic N) is 4. The highest BCUT2D eigenvalue weighted by Crippen LogP contribution is 2.25. The molecule has 158 valence electrons. The van der Waals surface area contributed by atoms with Crippen LogP contribution in [0.2, 0.25) is 0 Å². The van der Waals surface area contributed by atoms with Crippen molar-refractivity contribution in [2.24, 2.45) is 0 Å². The summed E-state index contributed by atoms with van der Waals surface area (Å²) in [7, 11) is -3.82. The maximum Gasteiger partial charge on any atom is 0.324 e. The number of nitro groups is 1. The molecule has 1 aromatic rings. The molecule has 0 atom stereocenters. The number of non-ortho nitro benzene ring substituents is 1. The lowest BCUT2D eigenvalue weighted by atomic mass is 10.2. The van der Waals surface area contributed by atoms with Crippen LogP contribution in [0.3, 0.4) is 0 Å². The summed E-state index contributed by atoms with van der Waals surface area (Å²) in [6.07, 6.45) is 0.607. The second kappa shape index (κ2) is 8.43. The van der Waals surface area contributed by atoms with E-state index in [1.807, 2.05) is 0 Å². The fraction of sp³-hybridized carbons (Fsp3) is 0.529. The van der Waals surface area contributed by atoms with Gasteiger partial charge in [-0.1, -0.05) is 6.07 Å². The molecule has 2 heterocycles. The number of urea groups is 1. The maximum absolute atomic E-state index is 12.9. The van der Waals surface area contributed by atoms with E-state index in [9.17, 15) is 28.1 Å². The van der Waals surface area contributed by atoms with Crippen molar-refractivity contribution in [3.8, 4) is 0 Å². The van der Waals surface area contributed by atoms with Crippen LogP contribution >= 0.6 is 0 Å². The van der Waals surface area contributed by atoms with Crippen molar-refractivity contribution in [3.63, 3.8) is 0 Å². The first kappa shape index (κ1) is 21.1. The molecule has 0 unspecified atom stereocenters. The van der Waals surface area contributed by atoms with E-state index >= 15 is 0 Å². The van der Waals surface area contributed by atoms with Crippen molar-refractivity contribution < 1.29 is 22.9 Å². The molecule has 0 saturated carbocycles.